The van der Waals surface area contributed by atoms with Gasteiger partial charge in [0.1, 0.15) is 11.5 Å². The highest BCUT2D eigenvalue weighted by atomic mass is 32.1. The van der Waals surface area contributed by atoms with Gasteiger partial charge in [-0.25, -0.2) is 0 Å². The van der Waals surface area contributed by atoms with Crippen molar-refractivity contribution >= 4 is 28.8 Å². The number of hydrogen-bond donors (Lipinski definition) is 2. The highest BCUT2D eigenvalue weighted by Crippen LogP contribution is 2.14. The van der Waals surface area contributed by atoms with E-state index >= 15 is 0 Å². The first-order valence-electron chi connectivity index (χ1n) is 7.56. The molecule has 3 aromatic rings. The highest BCUT2D eigenvalue weighted by molar-refractivity contribution is 7.15. The molecule has 0 fully saturated rings. The van der Waals surface area contributed by atoms with E-state index in [1.807, 2.05) is 32.0 Å². The fourth-order valence-corrected chi connectivity index (χ4v) is 2.71. The van der Waals surface area contributed by atoms with Gasteiger partial charge in [-0.1, -0.05) is 29.0 Å². The summed E-state index contributed by atoms with van der Waals surface area (Å²) in [4.78, 5) is 24.2. The number of rotatable bonds is 5. The third-order valence-electron chi connectivity index (χ3n) is 3.34. The molecule has 0 spiro atoms. The normalized spacial score (nSPS) is 10.5. The number of nitrogens with one attached hydrogen (secondary N) is 2. The SMILES string of the molecule is Cc1ccc(NC(=O)c2nnc(C(=O)NCc3ccc(C)o3)s2)cc1. The van der Waals surface area contributed by atoms with Gasteiger partial charge in [-0.05, 0) is 38.1 Å². The zero-order chi connectivity index (χ0) is 17.8. The maximum Gasteiger partial charge on any atom is 0.286 e. The monoisotopic (exact) mass is 356 g/mol. The molecular formula is C17H16N4O3S. The maximum absolute atomic E-state index is 12.2. The molecule has 0 bridgehead atoms. The van der Waals surface area contributed by atoms with E-state index in [2.05, 4.69) is 20.8 Å². The second-order valence-corrected chi connectivity index (χ2v) is 6.41. The quantitative estimate of drug-likeness (QED) is 0.732. The molecule has 128 valence electrons. The molecule has 25 heavy (non-hydrogen) atoms. The molecule has 8 heteroatoms. The van der Waals surface area contributed by atoms with Crippen LogP contribution in [0.5, 0.6) is 0 Å². The van der Waals surface area contributed by atoms with Crippen molar-refractivity contribution in [3.63, 3.8) is 0 Å². The minimum absolute atomic E-state index is 0.123. The Hall–Kier alpha value is -3.00. The average molecular weight is 356 g/mol. The van der Waals surface area contributed by atoms with Gasteiger partial charge < -0.3 is 15.1 Å². The van der Waals surface area contributed by atoms with Crippen LogP contribution in [0.1, 0.15) is 36.7 Å². The minimum atomic E-state index is -0.402. The van der Waals surface area contributed by atoms with E-state index < -0.39 is 11.8 Å². The second-order valence-electron chi connectivity index (χ2n) is 5.43. The van der Waals surface area contributed by atoms with Gasteiger partial charge in [-0.15, -0.1) is 10.2 Å². The van der Waals surface area contributed by atoms with Crippen LogP contribution in [0.2, 0.25) is 0 Å². The smallest absolute Gasteiger partial charge is 0.286 e. The summed E-state index contributed by atoms with van der Waals surface area (Å²) in [6.07, 6.45) is 0. The molecule has 1 aromatic carbocycles. The molecule has 2 amide bonds. The Morgan fingerprint density at radius 3 is 2.32 bits per heavy atom. The fraction of sp³-hybridized carbons (Fsp3) is 0.176. The summed E-state index contributed by atoms with van der Waals surface area (Å²) in [5, 5.41) is 13.2. The second kappa shape index (κ2) is 7.27. The fourth-order valence-electron chi connectivity index (χ4n) is 2.05. The van der Waals surface area contributed by atoms with E-state index in [4.69, 9.17) is 4.42 Å². The van der Waals surface area contributed by atoms with Crippen molar-refractivity contribution < 1.29 is 14.0 Å². The molecule has 0 saturated heterocycles. The van der Waals surface area contributed by atoms with Crippen molar-refractivity contribution in [2.45, 2.75) is 20.4 Å². The van der Waals surface area contributed by atoms with Crippen molar-refractivity contribution in [1.82, 2.24) is 15.5 Å². The predicted octanol–water partition coefficient (Wildman–Crippen LogP) is 2.93. The van der Waals surface area contributed by atoms with Crippen LogP contribution in [0.3, 0.4) is 0 Å². The highest BCUT2D eigenvalue weighted by Gasteiger charge is 2.17. The largest absolute Gasteiger partial charge is 0.465 e. The predicted molar refractivity (Wildman–Crippen MR) is 93.7 cm³/mol. The summed E-state index contributed by atoms with van der Waals surface area (Å²) in [6, 6.07) is 11.0. The van der Waals surface area contributed by atoms with Crippen molar-refractivity contribution in [3.8, 4) is 0 Å². The first-order chi connectivity index (χ1) is 12.0. The third kappa shape index (κ3) is 4.30. The number of hydrogen-bond acceptors (Lipinski definition) is 6. The topological polar surface area (TPSA) is 97.1 Å². The first kappa shape index (κ1) is 16.8. The van der Waals surface area contributed by atoms with E-state index in [1.54, 1.807) is 18.2 Å². The number of furan rings is 1. The Morgan fingerprint density at radius 1 is 1.00 bits per heavy atom. The molecule has 7 nitrogen and oxygen atoms in total. The molecule has 0 saturated carbocycles. The number of carbonyl (C=O) groups is 2. The molecule has 0 aliphatic rings. The van der Waals surface area contributed by atoms with Gasteiger partial charge >= 0.3 is 0 Å². The van der Waals surface area contributed by atoms with Gasteiger partial charge in [0.2, 0.25) is 10.0 Å². The van der Waals surface area contributed by atoms with E-state index in [0.717, 1.165) is 22.7 Å². The average Bonchev–Trinajstić information content (AvgIpc) is 3.24. The van der Waals surface area contributed by atoms with Crippen LogP contribution in [0.25, 0.3) is 0 Å². The number of aryl methyl sites for hydroxylation is 2. The molecule has 0 radical (unpaired) electrons. The summed E-state index contributed by atoms with van der Waals surface area (Å²) in [5.41, 5.74) is 1.75. The number of amides is 2. The lowest BCUT2D eigenvalue weighted by molar-refractivity contribution is 0.0945. The van der Waals surface area contributed by atoms with Crippen molar-refractivity contribution in [1.29, 1.82) is 0 Å². The van der Waals surface area contributed by atoms with Crippen molar-refractivity contribution in [3.05, 3.63) is 63.5 Å². The Balaban J connectivity index is 1.59. The third-order valence-corrected chi connectivity index (χ3v) is 4.26. The summed E-state index contributed by atoms with van der Waals surface area (Å²) in [7, 11) is 0. The van der Waals surface area contributed by atoms with E-state index in [0.29, 0.717) is 11.4 Å². The van der Waals surface area contributed by atoms with Crippen LogP contribution >= 0.6 is 11.3 Å². The molecule has 2 aromatic heterocycles. The van der Waals surface area contributed by atoms with Gasteiger partial charge in [-0.3, -0.25) is 9.59 Å². The lowest BCUT2D eigenvalue weighted by Gasteiger charge is -2.02. The van der Waals surface area contributed by atoms with E-state index in [-0.39, 0.29) is 16.6 Å². The summed E-state index contributed by atoms with van der Waals surface area (Å²) < 4.78 is 5.38. The van der Waals surface area contributed by atoms with Crippen LogP contribution in [0, 0.1) is 13.8 Å². The number of aromatic nitrogens is 2. The molecule has 0 aliphatic carbocycles. The van der Waals surface area contributed by atoms with Crippen LogP contribution in [-0.4, -0.2) is 22.0 Å². The summed E-state index contributed by atoms with van der Waals surface area (Å²) >= 11 is 0.935. The van der Waals surface area contributed by atoms with Gasteiger partial charge in [-0.2, -0.15) is 0 Å². The van der Waals surface area contributed by atoms with E-state index in [1.165, 1.54) is 0 Å². The van der Waals surface area contributed by atoms with Gasteiger partial charge in [0.25, 0.3) is 11.8 Å². The van der Waals surface area contributed by atoms with Gasteiger partial charge in [0, 0.05) is 5.69 Å². The Bertz CT molecular complexity index is 899. The minimum Gasteiger partial charge on any atom is -0.465 e. The lowest BCUT2D eigenvalue weighted by Crippen LogP contribution is -2.22. The Kier molecular flexibility index (Phi) is 4.90. The molecule has 2 N–H and O–H groups in total. The standard InChI is InChI=1S/C17H16N4O3S/c1-10-3-6-12(7-4-10)19-15(23)17-21-20-16(25-17)14(22)18-9-13-8-5-11(2)24-13/h3-8H,9H2,1-2H3,(H,18,22)(H,19,23). The number of benzene rings is 1. The van der Waals surface area contributed by atoms with E-state index in [9.17, 15) is 9.59 Å². The molecule has 0 unspecified atom stereocenters. The molecule has 0 aliphatic heterocycles. The molecule has 2 heterocycles. The number of carbonyl (C=O) groups excluding carboxylic acids is 2. The summed E-state index contributed by atoms with van der Waals surface area (Å²) in [5.74, 6) is 0.617. The Labute approximate surface area is 148 Å². The van der Waals surface area contributed by atoms with Crippen LogP contribution in [0.4, 0.5) is 5.69 Å². The molecule has 3 rings (SSSR count). The van der Waals surface area contributed by atoms with Crippen LogP contribution in [0.15, 0.2) is 40.8 Å². The summed E-state index contributed by atoms with van der Waals surface area (Å²) in [6.45, 7) is 4.04. The van der Waals surface area contributed by atoms with Gasteiger partial charge in [0.05, 0.1) is 6.54 Å². The zero-order valence-electron chi connectivity index (χ0n) is 13.7. The van der Waals surface area contributed by atoms with Crippen molar-refractivity contribution in [2.75, 3.05) is 5.32 Å². The number of anilines is 1. The Morgan fingerprint density at radius 2 is 1.68 bits per heavy atom. The first-order valence-corrected chi connectivity index (χ1v) is 8.38. The number of nitrogens with zero attached hydrogens (tertiary/aromatic N) is 2. The zero-order valence-corrected chi connectivity index (χ0v) is 14.5. The lowest BCUT2D eigenvalue weighted by atomic mass is 10.2. The maximum atomic E-state index is 12.2. The molecular weight excluding hydrogens is 340 g/mol. The van der Waals surface area contributed by atoms with Crippen LogP contribution < -0.4 is 10.6 Å². The van der Waals surface area contributed by atoms with Gasteiger partial charge in [0.15, 0.2) is 0 Å². The van der Waals surface area contributed by atoms with Crippen LogP contribution in [-0.2, 0) is 6.54 Å². The molecule has 0 atom stereocenters. The van der Waals surface area contributed by atoms with Crippen molar-refractivity contribution in [2.24, 2.45) is 0 Å².